The molecule has 0 spiro atoms. The molecular formula is C43H92B3. The maximum absolute atomic E-state index is 4.00. The maximum Gasteiger partial charge on any atom is 0 e. The average molecular weight is 642 g/mol. The van der Waals surface area contributed by atoms with Crippen LogP contribution in [0.15, 0.2) is 0 Å². The van der Waals surface area contributed by atoms with Gasteiger partial charge in [-0.1, -0.05) is 220 Å². The monoisotopic (exact) mass is 642 g/mol. The summed E-state index contributed by atoms with van der Waals surface area (Å²) in [5.41, 5.74) is 0. The number of hydrogen-bond donors (Lipinski definition) is 0. The zero-order chi connectivity index (χ0) is 31.9. The Morgan fingerprint density at radius 2 is 0.261 bits per heavy atom. The Balaban J connectivity index is -0.000000147. The molecule has 46 heavy (non-hydrogen) atoms. The molecule has 0 unspecified atom stereocenters. The average Bonchev–Trinajstić information content (AvgIpc) is 2.99. The fraction of sp³-hybridized carbons (Fsp3) is 1.00. The first-order valence-corrected chi connectivity index (χ1v) is 19.3. The van der Waals surface area contributed by atoms with Crippen molar-refractivity contribution in [2.45, 2.75) is 220 Å². The lowest BCUT2D eigenvalue weighted by molar-refractivity contribution is 0.308. The third kappa shape index (κ3) is 32.7. The molecule has 0 aliphatic heterocycles. The predicted octanol–water partition coefficient (Wildman–Crippen LogP) is 14.9. The molecule has 5 aliphatic carbocycles. The Morgan fingerprint density at radius 3 is 0.304 bits per heavy atom. The van der Waals surface area contributed by atoms with Crippen molar-refractivity contribution in [1.82, 2.24) is 0 Å². The van der Waals surface area contributed by atoms with Crippen LogP contribution < -0.4 is 0 Å². The first-order chi connectivity index (χ1) is 19.9. The van der Waals surface area contributed by atoms with E-state index in [1.165, 1.54) is 128 Å². The standard InChI is InChI=1S/5C8H16.3CH4.B2.B/c5*1-7-3-5-8(2)6-4-7;;;;1-2;/h5*7-8H,3-6H2,1-2H3;3*1H4;;. The van der Waals surface area contributed by atoms with Gasteiger partial charge in [0.25, 0.3) is 0 Å². The second kappa shape index (κ2) is 35.0. The van der Waals surface area contributed by atoms with Crippen molar-refractivity contribution in [2.75, 3.05) is 0 Å². The van der Waals surface area contributed by atoms with E-state index in [-0.39, 0.29) is 30.7 Å². The molecule has 0 aromatic carbocycles. The van der Waals surface area contributed by atoms with Crippen molar-refractivity contribution in [3.05, 3.63) is 0 Å². The molecule has 273 valence electrons. The summed E-state index contributed by atoms with van der Waals surface area (Å²) in [7, 11) is 8.00. The Kier molecular flexibility index (Phi) is 42.3. The normalized spacial score (nSPS) is 34.7. The molecule has 5 aliphatic rings. The minimum Gasteiger partial charge on any atom is -0.0776 e. The molecule has 0 nitrogen and oxygen atoms in total. The first kappa shape index (κ1) is 55.6. The molecule has 0 N–H and O–H groups in total. The SMILES string of the molecule is C.C.C.CC1CCC(C)CC1.CC1CCC(C)CC1.CC1CCC(C)CC1.CC1CCC(C)CC1.CC1CCC(C)CC1.[B].[B][B]. The highest BCUT2D eigenvalue weighted by Gasteiger charge is 2.16. The fourth-order valence-corrected chi connectivity index (χ4v) is 7.13. The van der Waals surface area contributed by atoms with Crippen molar-refractivity contribution in [2.24, 2.45) is 59.2 Å². The fourth-order valence-electron chi connectivity index (χ4n) is 7.13. The lowest BCUT2D eigenvalue weighted by atomic mass is 9.81. The Morgan fingerprint density at radius 1 is 0.217 bits per heavy atom. The minimum atomic E-state index is 0. The molecule has 0 saturated heterocycles. The lowest BCUT2D eigenvalue weighted by Gasteiger charge is -2.22. The van der Waals surface area contributed by atoms with Crippen molar-refractivity contribution in [3.63, 3.8) is 0 Å². The zero-order valence-corrected chi connectivity index (χ0v) is 31.6. The second-order valence-electron chi connectivity index (χ2n) is 16.8. The summed E-state index contributed by atoms with van der Waals surface area (Å²) in [5, 5.41) is 0. The van der Waals surface area contributed by atoms with Crippen molar-refractivity contribution >= 4 is 23.9 Å². The van der Waals surface area contributed by atoms with Crippen LogP contribution in [0, 0.1) is 59.2 Å². The quantitative estimate of drug-likeness (QED) is 0.231. The van der Waals surface area contributed by atoms with Gasteiger partial charge in [0.2, 0.25) is 0 Å². The van der Waals surface area contributed by atoms with E-state index in [1.54, 1.807) is 0 Å². The third-order valence-corrected chi connectivity index (χ3v) is 11.5. The van der Waals surface area contributed by atoms with Crippen LogP contribution in [-0.2, 0) is 0 Å². The molecule has 0 atom stereocenters. The summed E-state index contributed by atoms with van der Waals surface area (Å²) in [5.74, 6) is 10.2. The Labute approximate surface area is 302 Å². The molecule has 7 radical (unpaired) electrons. The van der Waals surface area contributed by atoms with E-state index in [0.29, 0.717) is 0 Å². The van der Waals surface area contributed by atoms with Crippen molar-refractivity contribution < 1.29 is 0 Å². The van der Waals surface area contributed by atoms with Crippen LogP contribution in [-0.4, -0.2) is 23.9 Å². The van der Waals surface area contributed by atoms with Gasteiger partial charge < -0.3 is 0 Å². The molecule has 5 rings (SSSR count). The summed E-state index contributed by atoms with van der Waals surface area (Å²) < 4.78 is 0. The highest BCUT2D eigenvalue weighted by atomic mass is 14.2. The van der Waals surface area contributed by atoms with Gasteiger partial charge in [-0.3, -0.25) is 0 Å². The molecular weight excluding hydrogens is 549 g/mol. The highest BCUT2D eigenvalue weighted by molar-refractivity contribution is 6.75. The second-order valence-corrected chi connectivity index (χ2v) is 16.8. The Bertz CT molecular complexity index is 374. The van der Waals surface area contributed by atoms with Gasteiger partial charge in [0.05, 0.1) is 0 Å². The van der Waals surface area contributed by atoms with E-state index >= 15 is 0 Å². The molecule has 0 aromatic rings. The summed E-state index contributed by atoms with van der Waals surface area (Å²) >= 11 is 0. The maximum atomic E-state index is 4.00. The molecule has 0 aromatic heterocycles. The van der Waals surface area contributed by atoms with E-state index in [4.69, 9.17) is 0 Å². The predicted molar refractivity (Wildman–Crippen MR) is 221 cm³/mol. The zero-order valence-electron chi connectivity index (χ0n) is 31.6. The summed E-state index contributed by atoms with van der Waals surface area (Å²) in [6, 6.07) is 0. The van der Waals surface area contributed by atoms with Gasteiger partial charge in [-0.25, -0.2) is 0 Å². The van der Waals surface area contributed by atoms with Crippen LogP contribution in [0.4, 0.5) is 0 Å². The number of hydrogen-bond acceptors (Lipinski definition) is 0. The van der Waals surface area contributed by atoms with Crippen LogP contribution >= 0.6 is 0 Å². The van der Waals surface area contributed by atoms with E-state index in [0.717, 1.165) is 59.2 Å². The molecule has 0 heterocycles. The van der Waals surface area contributed by atoms with Crippen LogP contribution in [0.5, 0.6) is 0 Å². The number of rotatable bonds is 0. The van der Waals surface area contributed by atoms with Crippen molar-refractivity contribution in [3.8, 4) is 0 Å². The third-order valence-electron chi connectivity index (χ3n) is 11.5. The smallest absolute Gasteiger partial charge is 0 e. The van der Waals surface area contributed by atoms with E-state index in [1.807, 2.05) is 0 Å². The molecule has 0 amide bonds. The molecule has 5 fully saturated rings. The van der Waals surface area contributed by atoms with E-state index < -0.39 is 0 Å². The van der Waals surface area contributed by atoms with E-state index in [2.05, 4.69) is 84.7 Å². The molecule has 0 bridgehead atoms. The summed E-state index contributed by atoms with van der Waals surface area (Å²) in [4.78, 5) is 0. The topological polar surface area (TPSA) is 0 Å². The van der Waals surface area contributed by atoms with Gasteiger partial charge in [0, 0.05) is 23.9 Å². The van der Waals surface area contributed by atoms with Gasteiger partial charge in [0.15, 0.2) is 0 Å². The Hall–Kier alpha value is 0.195. The van der Waals surface area contributed by atoms with Crippen molar-refractivity contribution in [1.29, 1.82) is 0 Å². The van der Waals surface area contributed by atoms with Gasteiger partial charge in [0.1, 0.15) is 0 Å². The summed E-state index contributed by atoms with van der Waals surface area (Å²) in [6.07, 6.45) is 29.5. The van der Waals surface area contributed by atoms with Gasteiger partial charge >= 0.3 is 0 Å². The van der Waals surface area contributed by atoms with Gasteiger partial charge in [-0.2, -0.15) is 0 Å². The van der Waals surface area contributed by atoms with Crippen LogP contribution in [0.3, 0.4) is 0 Å². The molecule has 3 heteroatoms. The largest absolute Gasteiger partial charge is 0.0776 e. The van der Waals surface area contributed by atoms with Crippen LogP contribution in [0.25, 0.3) is 0 Å². The van der Waals surface area contributed by atoms with E-state index in [9.17, 15) is 0 Å². The first-order valence-electron chi connectivity index (χ1n) is 19.3. The lowest BCUT2D eigenvalue weighted by Crippen LogP contribution is -2.08. The van der Waals surface area contributed by atoms with Gasteiger partial charge in [-0.15, -0.1) is 0 Å². The van der Waals surface area contributed by atoms with Crippen LogP contribution in [0.2, 0.25) is 0 Å². The molecule has 5 saturated carbocycles. The van der Waals surface area contributed by atoms with Gasteiger partial charge in [-0.05, 0) is 59.2 Å². The summed E-state index contributed by atoms with van der Waals surface area (Å²) in [6.45, 7) is 23.7. The highest BCUT2D eigenvalue weighted by Crippen LogP contribution is 2.30. The van der Waals surface area contributed by atoms with Crippen LogP contribution in [0.1, 0.15) is 220 Å². The minimum absolute atomic E-state index is 0.